The molecule has 6 aromatic rings. The number of thiophene rings is 1. The van der Waals surface area contributed by atoms with E-state index in [0.717, 1.165) is 38.7 Å². The second-order valence-corrected chi connectivity index (χ2v) is 26.1. The van der Waals surface area contributed by atoms with E-state index in [0.29, 0.717) is 28.4 Å². The van der Waals surface area contributed by atoms with Crippen LogP contribution in [0.4, 0.5) is 4.39 Å². The summed E-state index contributed by atoms with van der Waals surface area (Å²) in [5, 5.41) is 1.86. The van der Waals surface area contributed by atoms with E-state index in [1.54, 1.807) is 22.6 Å². The van der Waals surface area contributed by atoms with E-state index in [1.807, 2.05) is 30.3 Å². The predicted molar refractivity (Wildman–Crippen MR) is 197 cm³/mol. The van der Waals surface area contributed by atoms with Gasteiger partial charge in [-0.2, -0.15) is 11.3 Å². The van der Waals surface area contributed by atoms with Crippen LogP contribution in [-0.4, -0.2) is 28.2 Å². The summed E-state index contributed by atoms with van der Waals surface area (Å²) in [6.45, 7) is 8.53. The maximum atomic E-state index is 14.3. The van der Waals surface area contributed by atoms with Gasteiger partial charge in [-0.15, -0.1) is 23.8 Å². The van der Waals surface area contributed by atoms with Gasteiger partial charge in [-0.25, -0.2) is 9.37 Å². The minimum absolute atomic E-state index is 0. The third kappa shape index (κ3) is 9.23. The van der Waals surface area contributed by atoms with E-state index < -0.39 is 20.1 Å². The van der Waals surface area contributed by atoms with Crippen molar-refractivity contribution in [2.45, 2.75) is 71.6 Å². The number of benzene rings is 2. The molecule has 0 aliphatic heterocycles. The first kappa shape index (κ1) is 32.8. The molecule has 0 spiro atoms. The number of fused-ring (bicyclic) bond motifs is 3. The molecule has 3 nitrogen and oxygen atoms in total. The van der Waals surface area contributed by atoms with Crippen LogP contribution in [0.1, 0.15) is 55.6 Å². The third-order valence-electron chi connectivity index (χ3n) is 7.62. The molecule has 0 bridgehead atoms. The van der Waals surface area contributed by atoms with Crippen molar-refractivity contribution < 1.29 is 28.6 Å². The van der Waals surface area contributed by atoms with Gasteiger partial charge in [0.05, 0.1) is 6.20 Å². The molecule has 0 fully saturated rings. The molecule has 247 valence electrons. The molecule has 0 aliphatic rings. The van der Waals surface area contributed by atoms with E-state index in [9.17, 15) is 4.39 Å². The van der Waals surface area contributed by atoms with Gasteiger partial charge in [-0.1, -0.05) is 38.3 Å². The van der Waals surface area contributed by atoms with E-state index in [2.05, 4.69) is 92.3 Å². The molecule has 6 rings (SSSR count). The summed E-state index contributed by atoms with van der Waals surface area (Å²) < 4.78 is 39.6. The molecule has 0 saturated heterocycles. The van der Waals surface area contributed by atoms with E-state index in [-0.39, 0.29) is 37.0 Å². The molecule has 47 heavy (non-hydrogen) atoms. The van der Waals surface area contributed by atoms with Gasteiger partial charge in [0, 0.05) is 29.9 Å². The molecule has 7 heteroatoms. The van der Waals surface area contributed by atoms with Gasteiger partial charge in [0.1, 0.15) is 10.6 Å². The Morgan fingerprint density at radius 2 is 1.66 bits per heavy atom. The number of rotatable bonds is 6. The number of hydrogen-bond acceptors (Lipinski definition) is 4. The average molecular weight is 886 g/mol. The van der Waals surface area contributed by atoms with Crippen LogP contribution in [-0.2, 0) is 32.9 Å². The summed E-state index contributed by atoms with van der Waals surface area (Å²) in [5.74, 6) is 7.68. The van der Waals surface area contributed by atoms with Crippen molar-refractivity contribution in [3.63, 3.8) is 0 Å². The molecule has 0 amide bonds. The maximum absolute atomic E-state index is 14.3. The second-order valence-electron chi connectivity index (χ2n) is 14.5. The Bertz CT molecular complexity index is 2080. The van der Waals surface area contributed by atoms with Gasteiger partial charge < -0.3 is 4.98 Å². The predicted octanol–water partition coefficient (Wildman–Crippen LogP) is 10.6. The molecule has 0 N–H and O–H groups in total. The van der Waals surface area contributed by atoms with Crippen LogP contribution in [0, 0.1) is 36.1 Å². The molecule has 4 aromatic heterocycles. The Morgan fingerprint density at radius 3 is 2.32 bits per heavy atom. The summed E-state index contributed by atoms with van der Waals surface area (Å²) in [4.78, 5) is 14.0. The molecule has 4 heterocycles. The van der Waals surface area contributed by atoms with Crippen molar-refractivity contribution in [1.82, 2.24) is 15.0 Å². The summed E-state index contributed by atoms with van der Waals surface area (Å²) in [7, 11) is 0. The number of pyridine rings is 3. The SMILES string of the molecule is CC(C)Cc1cc(-c2[c-]cccc2)nc[c]1[Ge]([CH3])([CH3])[CH3].[2H]C([2H])([2H])c1ccc2c(n1)sc1c(-c3cc(CC(C)(C)C)c(F)cn3)[c-]ccc12.[Ir]. The van der Waals surface area contributed by atoms with Gasteiger partial charge >= 0.3 is 126 Å². The van der Waals surface area contributed by atoms with Crippen LogP contribution in [0.5, 0.6) is 0 Å². The smallest absolute Gasteiger partial charge is 0.142 e. The number of halogens is 1. The van der Waals surface area contributed by atoms with Crippen LogP contribution >= 0.6 is 11.3 Å². The van der Waals surface area contributed by atoms with Crippen LogP contribution in [0.3, 0.4) is 0 Å². The molecular formula is C40H44FGeIrN3S-2. The molecule has 0 aliphatic carbocycles. The summed E-state index contributed by atoms with van der Waals surface area (Å²) in [6.07, 6.45) is 5.13. The van der Waals surface area contributed by atoms with Gasteiger partial charge in [-0.05, 0) is 46.1 Å². The Hall–Kier alpha value is -2.77. The zero-order chi connectivity index (χ0) is 35.7. The first-order valence-electron chi connectivity index (χ1n) is 17.3. The van der Waals surface area contributed by atoms with E-state index in [1.165, 1.54) is 23.1 Å². The molecular weight excluding hydrogens is 838 g/mol. The number of nitrogens with zero attached hydrogens (tertiary/aromatic N) is 3. The normalized spacial score (nSPS) is 13.0. The van der Waals surface area contributed by atoms with Crippen molar-refractivity contribution in [3.8, 4) is 22.5 Å². The fourth-order valence-electron chi connectivity index (χ4n) is 5.62. The Morgan fingerprint density at radius 1 is 0.915 bits per heavy atom. The number of aryl methyl sites for hydroxylation is 1. The van der Waals surface area contributed by atoms with Crippen LogP contribution in [0.15, 0.2) is 73.1 Å². The number of aromatic nitrogens is 3. The van der Waals surface area contributed by atoms with Crippen LogP contribution < -0.4 is 4.40 Å². The standard InChI is InChI=1S/C22H20FN2S.C18H24GeN.Ir/c1-13-8-9-16-15-6-5-7-17(20(15)26-21(16)25-13)19-10-14(11-22(2,3)4)18(23)12-24-19;1-14(2)11-16-12-18(15-9-7-6-8-10-15)20-13-17(16)19(3,4)5;/h5-6,8-10,12H,11H2,1-4H3;6-9,12-14H,11H2,1-5H3;/q2*-1;/i1D3;;. The average Bonchev–Trinajstić information content (AvgIpc) is 3.39. The van der Waals surface area contributed by atoms with Crippen molar-refractivity contribution in [1.29, 1.82) is 0 Å². The molecule has 0 saturated carbocycles. The van der Waals surface area contributed by atoms with E-state index >= 15 is 0 Å². The Kier molecular flexibility index (Phi) is 10.6. The topological polar surface area (TPSA) is 38.7 Å². The Labute approximate surface area is 304 Å². The van der Waals surface area contributed by atoms with Crippen LogP contribution in [0.2, 0.25) is 17.3 Å². The quantitative estimate of drug-likeness (QED) is 0.124. The first-order valence-corrected chi connectivity index (χ1v) is 23.9. The van der Waals surface area contributed by atoms with E-state index in [4.69, 9.17) is 9.10 Å². The second kappa shape index (κ2) is 15.2. The fourth-order valence-corrected chi connectivity index (χ4v) is 10.1. The minimum Gasteiger partial charge on any atom is -0.302 e. The first-order chi connectivity index (χ1) is 22.9. The third-order valence-corrected chi connectivity index (χ3v) is 13.1. The molecule has 1 radical (unpaired) electrons. The largest absolute Gasteiger partial charge is 0.302 e. The zero-order valence-corrected chi connectivity index (χ0v) is 33.7. The van der Waals surface area contributed by atoms with Gasteiger partial charge in [0.15, 0.2) is 0 Å². The zero-order valence-electron chi connectivity index (χ0n) is 31.4. The van der Waals surface area contributed by atoms with Crippen molar-refractivity contribution in [3.05, 3.63) is 108 Å². The summed E-state index contributed by atoms with van der Waals surface area (Å²) >= 11 is -0.448. The monoisotopic (exact) mass is 887 g/mol. The summed E-state index contributed by atoms with van der Waals surface area (Å²) in [5.41, 5.74) is 5.71. The molecule has 0 unspecified atom stereocenters. The Balaban J connectivity index is 0.000000236. The molecule has 0 atom stereocenters. The summed E-state index contributed by atoms with van der Waals surface area (Å²) in [6, 6.07) is 25.8. The van der Waals surface area contributed by atoms with Crippen molar-refractivity contribution in [2.24, 2.45) is 11.3 Å². The van der Waals surface area contributed by atoms with Crippen LogP contribution in [0.25, 0.3) is 42.8 Å². The van der Waals surface area contributed by atoms with Gasteiger partial charge in [-0.3, -0.25) is 0 Å². The number of hydrogen-bond donors (Lipinski definition) is 0. The fraction of sp³-hybridized carbons (Fsp3) is 0.325. The maximum Gasteiger partial charge on any atom is 0.142 e. The van der Waals surface area contributed by atoms with Gasteiger partial charge in [0.25, 0.3) is 0 Å². The van der Waals surface area contributed by atoms with Gasteiger partial charge in [0.2, 0.25) is 0 Å². The minimum atomic E-state index is -2.25. The van der Waals surface area contributed by atoms with Crippen molar-refractivity contribution >= 4 is 49.3 Å². The van der Waals surface area contributed by atoms with Crippen molar-refractivity contribution in [2.75, 3.05) is 0 Å². The molecule has 2 aromatic carbocycles.